The number of benzene rings is 1. The smallest absolute Gasteiger partial charge is 0.123 e. The van der Waals surface area contributed by atoms with E-state index >= 15 is 0 Å². The van der Waals surface area contributed by atoms with E-state index in [4.69, 9.17) is 4.74 Å². The molecule has 2 nitrogen and oxygen atoms in total. The number of hydrogen-bond donors (Lipinski definition) is 1. The fourth-order valence-corrected chi connectivity index (χ4v) is 2.19. The topological polar surface area (TPSA) is 21.3 Å². The van der Waals surface area contributed by atoms with Crippen LogP contribution in [0.15, 0.2) is 18.2 Å². The third-order valence-corrected chi connectivity index (χ3v) is 3.37. The van der Waals surface area contributed by atoms with Crippen LogP contribution in [0.5, 0.6) is 0 Å². The summed E-state index contributed by atoms with van der Waals surface area (Å²) in [7, 11) is 1.73. The lowest BCUT2D eigenvalue weighted by Gasteiger charge is -2.21. The number of rotatable bonds is 8. The highest BCUT2D eigenvalue weighted by molar-refractivity contribution is 5.26. The minimum Gasteiger partial charge on any atom is -0.382 e. The number of nitrogens with one attached hydrogen (secondary N) is 1. The normalized spacial score (nSPS) is 14.4. The van der Waals surface area contributed by atoms with E-state index in [1.807, 2.05) is 6.92 Å². The van der Waals surface area contributed by atoms with E-state index in [-0.39, 0.29) is 18.0 Å². The van der Waals surface area contributed by atoms with E-state index in [1.165, 1.54) is 0 Å². The summed E-state index contributed by atoms with van der Waals surface area (Å²) in [4.78, 5) is 0. The molecule has 2 unspecified atom stereocenters. The highest BCUT2D eigenvalue weighted by Gasteiger charge is 2.13. The van der Waals surface area contributed by atoms with E-state index in [0.717, 1.165) is 36.9 Å². The molecular weight excluding hydrogens is 241 g/mol. The van der Waals surface area contributed by atoms with E-state index in [1.54, 1.807) is 19.2 Å². The Bertz CT molecular complexity index is 361. The fourth-order valence-electron chi connectivity index (χ4n) is 2.19. The summed E-state index contributed by atoms with van der Waals surface area (Å²) < 4.78 is 18.8. The van der Waals surface area contributed by atoms with Gasteiger partial charge in [-0.15, -0.1) is 0 Å². The molecule has 0 fully saturated rings. The first-order valence-corrected chi connectivity index (χ1v) is 7.10. The average Bonchev–Trinajstić information content (AvgIpc) is 2.37. The van der Waals surface area contributed by atoms with Crippen molar-refractivity contribution in [2.45, 2.75) is 52.2 Å². The quantitative estimate of drug-likeness (QED) is 0.769. The van der Waals surface area contributed by atoms with Crippen molar-refractivity contribution in [1.82, 2.24) is 5.32 Å². The summed E-state index contributed by atoms with van der Waals surface area (Å²) >= 11 is 0. The van der Waals surface area contributed by atoms with Crippen LogP contribution in [-0.2, 0) is 4.74 Å². The second kappa shape index (κ2) is 8.28. The molecule has 0 aliphatic rings. The van der Waals surface area contributed by atoms with Gasteiger partial charge in [0.2, 0.25) is 0 Å². The van der Waals surface area contributed by atoms with Crippen molar-refractivity contribution in [3.63, 3.8) is 0 Å². The highest BCUT2D eigenvalue weighted by Crippen LogP contribution is 2.22. The minimum atomic E-state index is -0.155. The third-order valence-electron chi connectivity index (χ3n) is 3.37. The number of aryl methyl sites for hydroxylation is 1. The summed E-state index contributed by atoms with van der Waals surface area (Å²) in [5.41, 5.74) is 2.01. The molecule has 108 valence electrons. The largest absolute Gasteiger partial charge is 0.382 e. The molecule has 1 aromatic rings. The van der Waals surface area contributed by atoms with Gasteiger partial charge in [-0.05, 0) is 62.9 Å². The Morgan fingerprint density at radius 1 is 1.26 bits per heavy atom. The molecule has 0 aromatic heterocycles. The van der Waals surface area contributed by atoms with Gasteiger partial charge in [-0.1, -0.05) is 13.0 Å². The van der Waals surface area contributed by atoms with Crippen LogP contribution in [0.2, 0.25) is 0 Å². The molecule has 2 atom stereocenters. The summed E-state index contributed by atoms with van der Waals surface area (Å²) in [5.74, 6) is -0.155. The molecule has 0 amide bonds. The molecule has 0 aliphatic carbocycles. The van der Waals surface area contributed by atoms with E-state index < -0.39 is 0 Å². The first kappa shape index (κ1) is 16.1. The number of ether oxygens (including phenoxy) is 1. The predicted molar refractivity (Wildman–Crippen MR) is 77.9 cm³/mol. The Morgan fingerprint density at radius 3 is 2.58 bits per heavy atom. The maximum atomic E-state index is 13.5. The lowest BCUT2D eigenvalue weighted by atomic mass is 9.98. The van der Waals surface area contributed by atoms with Gasteiger partial charge < -0.3 is 10.1 Å². The Balaban J connectivity index is 2.76. The first-order valence-electron chi connectivity index (χ1n) is 7.10. The first-order chi connectivity index (χ1) is 9.06. The van der Waals surface area contributed by atoms with Crippen LogP contribution < -0.4 is 5.32 Å². The van der Waals surface area contributed by atoms with Gasteiger partial charge in [-0.25, -0.2) is 4.39 Å². The van der Waals surface area contributed by atoms with E-state index in [0.29, 0.717) is 0 Å². The molecular formula is C16H26FNO. The third kappa shape index (κ3) is 5.70. The van der Waals surface area contributed by atoms with E-state index in [2.05, 4.69) is 25.2 Å². The lowest BCUT2D eigenvalue weighted by molar-refractivity contribution is 0.106. The average molecular weight is 267 g/mol. The van der Waals surface area contributed by atoms with Gasteiger partial charge in [0.25, 0.3) is 0 Å². The molecule has 1 N–H and O–H groups in total. The van der Waals surface area contributed by atoms with Crippen LogP contribution in [0, 0.1) is 12.7 Å². The summed E-state index contributed by atoms with van der Waals surface area (Å²) in [6.07, 6.45) is 3.23. The van der Waals surface area contributed by atoms with Crippen LogP contribution in [0.3, 0.4) is 0 Å². The molecule has 1 aromatic carbocycles. The van der Waals surface area contributed by atoms with Gasteiger partial charge in [-0.2, -0.15) is 0 Å². The molecule has 0 radical (unpaired) electrons. The molecule has 0 aliphatic heterocycles. The Hall–Kier alpha value is -0.930. The van der Waals surface area contributed by atoms with Crippen molar-refractivity contribution in [3.8, 4) is 0 Å². The maximum absolute atomic E-state index is 13.5. The molecule has 3 heteroatoms. The number of methoxy groups -OCH3 is 1. The van der Waals surface area contributed by atoms with Gasteiger partial charge >= 0.3 is 0 Å². The summed E-state index contributed by atoms with van der Waals surface area (Å²) in [6.45, 7) is 7.08. The summed E-state index contributed by atoms with van der Waals surface area (Å²) in [6, 6.07) is 5.47. The van der Waals surface area contributed by atoms with Crippen LogP contribution in [0.4, 0.5) is 4.39 Å². The Kier molecular flexibility index (Phi) is 7.03. The van der Waals surface area contributed by atoms with Crippen molar-refractivity contribution in [2.24, 2.45) is 0 Å². The molecule has 19 heavy (non-hydrogen) atoms. The SMILES string of the molecule is CCCNC(CCC(C)OC)c1cc(C)cc(F)c1. The standard InChI is InChI=1S/C16H26FNO/c1-5-8-18-16(7-6-13(3)19-4)14-9-12(2)10-15(17)11-14/h9-11,13,16,18H,5-8H2,1-4H3. The van der Waals surface area contributed by atoms with Crippen molar-refractivity contribution in [2.75, 3.05) is 13.7 Å². The molecule has 0 saturated carbocycles. The maximum Gasteiger partial charge on any atom is 0.123 e. The highest BCUT2D eigenvalue weighted by atomic mass is 19.1. The van der Waals surface area contributed by atoms with Gasteiger partial charge in [0.05, 0.1) is 6.10 Å². The molecule has 0 spiro atoms. The fraction of sp³-hybridized carbons (Fsp3) is 0.625. The van der Waals surface area contributed by atoms with Crippen LogP contribution in [0.1, 0.15) is 50.3 Å². The zero-order valence-electron chi connectivity index (χ0n) is 12.5. The number of hydrogen-bond acceptors (Lipinski definition) is 2. The van der Waals surface area contributed by atoms with Gasteiger partial charge in [0.1, 0.15) is 5.82 Å². The van der Waals surface area contributed by atoms with Crippen LogP contribution in [-0.4, -0.2) is 19.8 Å². The second-order valence-electron chi connectivity index (χ2n) is 5.19. The second-order valence-corrected chi connectivity index (χ2v) is 5.19. The van der Waals surface area contributed by atoms with Crippen LogP contribution in [0.25, 0.3) is 0 Å². The Labute approximate surface area is 116 Å². The predicted octanol–water partition coefficient (Wildman–Crippen LogP) is 3.99. The molecule has 0 bridgehead atoms. The zero-order chi connectivity index (χ0) is 14.3. The monoisotopic (exact) mass is 267 g/mol. The van der Waals surface area contributed by atoms with Gasteiger partial charge in [-0.3, -0.25) is 0 Å². The van der Waals surface area contributed by atoms with Crippen molar-refractivity contribution in [3.05, 3.63) is 35.1 Å². The van der Waals surface area contributed by atoms with Crippen LogP contribution >= 0.6 is 0 Å². The van der Waals surface area contributed by atoms with Crippen molar-refractivity contribution < 1.29 is 9.13 Å². The molecule has 1 rings (SSSR count). The van der Waals surface area contributed by atoms with Crippen molar-refractivity contribution >= 4 is 0 Å². The lowest BCUT2D eigenvalue weighted by Crippen LogP contribution is -2.23. The minimum absolute atomic E-state index is 0.155. The summed E-state index contributed by atoms with van der Waals surface area (Å²) in [5, 5.41) is 3.50. The zero-order valence-corrected chi connectivity index (χ0v) is 12.5. The van der Waals surface area contributed by atoms with Crippen molar-refractivity contribution in [1.29, 1.82) is 0 Å². The Morgan fingerprint density at radius 2 is 2.00 bits per heavy atom. The molecule has 0 saturated heterocycles. The molecule has 0 heterocycles. The van der Waals surface area contributed by atoms with E-state index in [9.17, 15) is 4.39 Å². The van der Waals surface area contributed by atoms with Gasteiger partial charge in [0, 0.05) is 13.2 Å². The van der Waals surface area contributed by atoms with Gasteiger partial charge in [0.15, 0.2) is 0 Å². The number of halogens is 1.